The Labute approximate surface area is 189 Å². The van der Waals surface area contributed by atoms with Gasteiger partial charge in [-0.3, -0.25) is 4.79 Å². The molecule has 0 aliphatic carbocycles. The largest absolute Gasteiger partial charge is 0.491 e. The molecule has 1 aliphatic heterocycles. The SMILES string of the molecule is CN(C)C(=O)c1ccccc1OCCN(C)c1nc(N2CCCCC2)nc2ccccc12. The molecule has 4 rings (SSSR count). The highest BCUT2D eigenvalue weighted by atomic mass is 16.5. The normalized spacial score (nSPS) is 13.8. The van der Waals surface area contributed by atoms with E-state index in [-0.39, 0.29) is 5.91 Å². The highest BCUT2D eigenvalue weighted by Gasteiger charge is 2.18. The van der Waals surface area contributed by atoms with E-state index in [1.54, 1.807) is 25.1 Å². The summed E-state index contributed by atoms with van der Waals surface area (Å²) >= 11 is 0. The second kappa shape index (κ2) is 9.85. The number of rotatable bonds is 7. The van der Waals surface area contributed by atoms with E-state index < -0.39 is 0 Å². The average Bonchev–Trinajstić information content (AvgIpc) is 2.83. The van der Waals surface area contributed by atoms with Crippen LogP contribution in [0, 0.1) is 0 Å². The molecule has 0 N–H and O–H groups in total. The van der Waals surface area contributed by atoms with Gasteiger partial charge in [0.1, 0.15) is 18.2 Å². The van der Waals surface area contributed by atoms with Crippen LogP contribution in [0.2, 0.25) is 0 Å². The fourth-order valence-corrected chi connectivity index (χ4v) is 3.98. The quantitative estimate of drug-likeness (QED) is 0.564. The first-order valence-electron chi connectivity index (χ1n) is 11.2. The fraction of sp³-hybridized carbons (Fsp3) is 0.400. The van der Waals surface area contributed by atoms with Crippen molar-refractivity contribution in [2.75, 3.05) is 57.2 Å². The molecule has 7 nitrogen and oxygen atoms in total. The third kappa shape index (κ3) is 4.77. The van der Waals surface area contributed by atoms with Gasteiger partial charge in [-0.25, -0.2) is 4.98 Å². The number of hydrogen-bond donors (Lipinski definition) is 0. The summed E-state index contributed by atoms with van der Waals surface area (Å²) in [5.41, 5.74) is 1.52. The van der Waals surface area contributed by atoms with Crippen LogP contribution in [0.5, 0.6) is 5.75 Å². The zero-order valence-corrected chi connectivity index (χ0v) is 19.1. The van der Waals surface area contributed by atoms with E-state index in [1.165, 1.54) is 19.3 Å². The van der Waals surface area contributed by atoms with Gasteiger partial charge < -0.3 is 19.4 Å². The zero-order chi connectivity index (χ0) is 22.5. The van der Waals surface area contributed by atoms with E-state index in [4.69, 9.17) is 14.7 Å². The number of carbonyl (C=O) groups excluding carboxylic acids is 1. The van der Waals surface area contributed by atoms with Crippen molar-refractivity contribution < 1.29 is 9.53 Å². The van der Waals surface area contributed by atoms with Gasteiger partial charge in [0, 0.05) is 39.6 Å². The smallest absolute Gasteiger partial charge is 0.257 e. The van der Waals surface area contributed by atoms with Crippen LogP contribution in [0.3, 0.4) is 0 Å². The van der Waals surface area contributed by atoms with Crippen molar-refractivity contribution in [3.05, 3.63) is 54.1 Å². The van der Waals surface area contributed by atoms with Crippen LogP contribution in [0.15, 0.2) is 48.5 Å². The molecule has 0 atom stereocenters. The van der Waals surface area contributed by atoms with Crippen molar-refractivity contribution in [2.24, 2.45) is 0 Å². The van der Waals surface area contributed by atoms with Crippen molar-refractivity contribution in [2.45, 2.75) is 19.3 Å². The van der Waals surface area contributed by atoms with Gasteiger partial charge in [-0.15, -0.1) is 0 Å². The topological polar surface area (TPSA) is 61.8 Å². The van der Waals surface area contributed by atoms with Gasteiger partial charge in [-0.2, -0.15) is 4.98 Å². The Hall–Kier alpha value is -3.35. The van der Waals surface area contributed by atoms with E-state index in [9.17, 15) is 4.79 Å². The summed E-state index contributed by atoms with van der Waals surface area (Å²) in [7, 11) is 5.51. The lowest BCUT2D eigenvalue weighted by atomic mass is 10.1. The number of anilines is 2. The lowest BCUT2D eigenvalue weighted by Crippen LogP contribution is -2.32. The van der Waals surface area contributed by atoms with Crippen molar-refractivity contribution in [3.8, 4) is 5.75 Å². The molecule has 1 fully saturated rings. The molecule has 0 radical (unpaired) electrons. The van der Waals surface area contributed by atoms with Crippen LogP contribution in [0.4, 0.5) is 11.8 Å². The van der Waals surface area contributed by atoms with Crippen molar-refractivity contribution >= 4 is 28.6 Å². The van der Waals surface area contributed by atoms with E-state index >= 15 is 0 Å². The van der Waals surface area contributed by atoms with E-state index in [2.05, 4.69) is 15.9 Å². The molecule has 0 unspecified atom stereocenters. The van der Waals surface area contributed by atoms with Crippen molar-refractivity contribution in [3.63, 3.8) is 0 Å². The first kappa shape index (κ1) is 21.9. The Bertz CT molecular complexity index is 1080. The highest BCUT2D eigenvalue weighted by molar-refractivity contribution is 5.96. The molecule has 1 saturated heterocycles. The zero-order valence-electron chi connectivity index (χ0n) is 19.1. The number of hydrogen-bond acceptors (Lipinski definition) is 6. The van der Waals surface area contributed by atoms with Gasteiger partial charge in [0.25, 0.3) is 5.91 Å². The van der Waals surface area contributed by atoms with Gasteiger partial charge in [-0.05, 0) is 43.5 Å². The summed E-state index contributed by atoms with van der Waals surface area (Å²) < 4.78 is 6.02. The van der Waals surface area contributed by atoms with E-state index in [0.717, 1.165) is 35.8 Å². The molecule has 0 bridgehead atoms. The first-order valence-corrected chi connectivity index (χ1v) is 11.2. The molecule has 2 heterocycles. The number of nitrogens with zero attached hydrogens (tertiary/aromatic N) is 5. The lowest BCUT2D eigenvalue weighted by Gasteiger charge is -2.28. The van der Waals surface area contributed by atoms with Crippen LogP contribution in [0.25, 0.3) is 10.9 Å². The Morgan fingerprint density at radius 2 is 1.69 bits per heavy atom. The third-order valence-electron chi connectivity index (χ3n) is 5.78. The molecule has 1 aromatic heterocycles. The third-order valence-corrected chi connectivity index (χ3v) is 5.78. The Balaban J connectivity index is 1.52. The van der Waals surface area contributed by atoms with Crippen LogP contribution < -0.4 is 14.5 Å². The minimum atomic E-state index is -0.0677. The molecular formula is C25H31N5O2. The molecule has 0 spiro atoms. The molecule has 1 amide bonds. The first-order chi connectivity index (χ1) is 15.5. The lowest BCUT2D eigenvalue weighted by molar-refractivity contribution is 0.0823. The fourth-order valence-electron chi connectivity index (χ4n) is 3.98. The maximum Gasteiger partial charge on any atom is 0.257 e. The number of fused-ring (bicyclic) bond motifs is 1. The molecule has 0 saturated carbocycles. The molecular weight excluding hydrogens is 402 g/mol. The number of carbonyl (C=O) groups is 1. The number of likely N-dealkylation sites (N-methyl/N-ethyl adjacent to an activating group) is 1. The molecule has 168 valence electrons. The van der Waals surface area contributed by atoms with Crippen LogP contribution in [0.1, 0.15) is 29.6 Å². The Morgan fingerprint density at radius 1 is 0.969 bits per heavy atom. The van der Waals surface area contributed by atoms with E-state index in [1.807, 2.05) is 43.4 Å². The summed E-state index contributed by atoms with van der Waals surface area (Å²) in [4.78, 5) is 28.2. The van der Waals surface area contributed by atoms with Crippen LogP contribution >= 0.6 is 0 Å². The van der Waals surface area contributed by atoms with Crippen molar-refractivity contribution in [1.82, 2.24) is 14.9 Å². The van der Waals surface area contributed by atoms with Gasteiger partial charge in [-0.1, -0.05) is 24.3 Å². The predicted octanol–water partition coefficient (Wildman–Crippen LogP) is 3.84. The number of benzene rings is 2. The van der Waals surface area contributed by atoms with Crippen LogP contribution in [-0.4, -0.2) is 68.2 Å². The molecule has 1 aliphatic rings. The minimum Gasteiger partial charge on any atom is -0.491 e. The highest BCUT2D eigenvalue weighted by Crippen LogP contribution is 2.27. The number of ether oxygens (including phenoxy) is 1. The minimum absolute atomic E-state index is 0.0677. The van der Waals surface area contributed by atoms with Crippen molar-refractivity contribution in [1.29, 1.82) is 0 Å². The number of amides is 1. The number of para-hydroxylation sites is 2. The average molecular weight is 434 g/mol. The van der Waals surface area contributed by atoms with Gasteiger partial charge in [0.2, 0.25) is 5.95 Å². The van der Waals surface area contributed by atoms with Gasteiger partial charge in [0.05, 0.1) is 17.6 Å². The second-order valence-corrected chi connectivity index (χ2v) is 8.38. The second-order valence-electron chi connectivity index (χ2n) is 8.38. The number of aromatic nitrogens is 2. The molecule has 2 aromatic carbocycles. The molecule has 7 heteroatoms. The molecule has 32 heavy (non-hydrogen) atoms. The van der Waals surface area contributed by atoms with Gasteiger partial charge >= 0.3 is 0 Å². The summed E-state index contributed by atoms with van der Waals surface area (Å²) in [6, 6.07) is 15.5. The maximum absolute atomic E-state index is 12.4. The molecule has 3 aromatic rings. The summed E-state index contributed by atoms with van der Waals surface area (Å²) in [5.74, 6) is 2.23. The van der Waals surface area contributed by atoms with Crippen LogP contribution in [-0.2, 0) is 0 Å². The summed E-state index contributed by atoms with van der Waals surface area (Å²) in [5, 5.41) is 1.03. The summed E-state index contributed by atoms with van der Waals surface area (Å²) in [6.45, 7) is 3.07. The Kier molecular flexibility index (Phi) is 6.73. The van der Waals surface area contributed by atoms with E-state index in [0.29, 0.717) is 24.5 Å². The summed E-state index contributed by atoms with van der Waals surface area (Å²) in [6.07, 6.45) is 3.63. The predicted molar refractivity (Wildman–Crippen MR) is 129 cm³/mol. The number of piperidine rings is 1. The monoisotopic (exact) mass is 433 g/mol. The standard InChI is InChI=1S/C25H31N5O2/c1-28(2)24(31)20-12-6-8-14-22(20)32-18-17-29(3)23-19-11-5-7-13-21(19)26-25(27-23)30-15-9-4-10-16-30/h5-8,11-14H,4,9-10,15-18H2,1-3H3. The maximum atomic E-state index is 12.4. The van der Waals surface area contributed by atoms with Gasteiger partial charge in [0.15, 0.2) is 0 Å². The Morgan fingerprint density at radius 3 is 2.47 bits per heavy atom.